The van der Waals surface area contributed by atoms with E-state index in [2.05, 4.69) is 40.2 Å². The standard InChI is InChI=1S/C21H21FN4S2/c1-12-14(4-3-7-26(12)2)19-9-15-20(16(22)10-23-21(15)28-19)25-13-5-6-18-17(8-13)24-11-27-18/h5-6,8-12,14H,3-4,7H2,1-2H3,(H,23,25)/t12-,14-/m0/s1. The Morgan fingerprint density at radius 1 is 1.25 bits per heavy atom. The second-order valence-electron chi connectivity index (χ2n) is 7.48. The number of thiazole rings is 1. The number of thiophene rings is 1. The van der Waals surface area contributed by atoms with Crippen LogP contribution in [0.15, 0.2) is 36.0 Å². The van der Waals surface area contributed by atoms with Gasteiger partial charge in [-0.2, -0.15) is 0 Å². The molecule has 0 radical (unpaired) electrons. The molecule has 1 aromatic carbocycles. The van der Waals surface area contributed by atoms with Gasteiger partial charge in [-0.15, -0.1) is 22.7 Å². The molecule has 3 aromatic heterocycles. The molecule has 1 aliphatic rings. The maximum atomic E-state index is 14.7. The third kappa shape index (κ3) is 3.07. The Morgan fingerprint density at radius 3 is 3.04 bits per heavy atom. The molecule has 4 nitrogen and oxygen atoms in total. The summed E-state index contributed by atoms with van der Waals surface area (Å²) in [6.45, 7) is 3.42. The number of benzene rings is 1. The van der Waals surface area contributed by atoms with Crippen molar-refractivity contribution in [2.24, 2.45) is 0 Å². The van der Waals surface area contributed by atoms with Gasteiger partial charge in [0.2, 0.25) is 0 Å². The van der Waals surface area contributed by atoms with Crippen LogP contribution in [-0.2, 0) is 0 Å². The number of piperidine rings is 1. The number of nitrogens with one attached hydrogen (secondary N) is 1. The number of halogens is 1. The molecule has 1 saturated heterocycles. The van der Waals surface area contributed by atoms with Gasteiger partial charge in [-0.3, -0.25) is 0 Å². The average Bonchev–Trinajstić information content (AvgIpc) is 3.32. The van der Waals surface area contributed by atoms with Crippen LogP contribution in [0.3, 0.4) is 0 Å². The number of nitrogens with zero attached hydrogens (tertiary/aromatic N) is 3. The predicted octanol–water partition coefficient (Wildman–Crippen LogP) is 5.99. The van der Waals surface area contributed by atoms with Crippen LogP contribution >= 0.6 is 22.7 Å². The molecule has 0 amide bonds. The van der Waals surface area contributed by atoms with Gasteiger partial charge in [0.15, 0.2) is 5.82 Å². The largest absolute Gasteiger partial charge is 0.352 e. The molecule has 0 aliphatic carbocycles. The molecule has 144 valence electrons. The first-order chi connectivity index (χ1) is 13.6. The van der Waals surface area contributed by atoms with E-state index < -0.39 is 0 Å². The van der Waals surface area contributed by atoms with E-state index in [0.717, 1.165) is 32.7 Å². The Morgan fingerprint density at radius 2 is 2.14 bits per heavy atom. The van der Waals surface area contributed by atoms with E-state index in [1.54, 1.807) is 22.7 Å². The van der Waals surface area contributed by atoms with Crippen molar-refractivity contribution in [3.05, 3.63) is 46.7 Å². The maximum absolute atomic E-state index is 14.7. The molecule has 1 fully saturated rings. The fraction of sp³-hybridized carbons (Fsp3) is 0.333. The molecule has 4 heterocycles. The summed E-state index contributed by atoms with van der Waals surface area (Å²) in [4.78, 5) is 13.3. The predicted molar refractivity (Wildman–Crippen MR) is 117 cm³/mol. The monoisotopic (exact) mass is 412 g/mol. The van der Waals surface area contributed by atoms with Crippen LogP contribution in [-0.4, -0.2) is 34.5 Å². The molecule has 4 aromatic rings. The van der Waals surface area contributed by atoms with Gasteiger partial charge in [-0.1, -0.05) is 0 Å². The molecular formula is C21H21FN4S2. The Labute approximate surface area is 171 Å². The Hall–Kier alpha value is -2.09. The van der Waals surface area contributed by atoms with Crippen LogP contribution in [0.5, 0.6) is 0 Å². The quantitative estimate of drug-likeness (QED) is 0.449. The molecule has 28 heavy (non-hydrogen) atoms. The van der Waals surface area contributed by atoms with E-state index in [0.29, 0.717) is 17.6 Å². The molecule has 5 rings (SSSR count). The zero-order chi connectivity index (χ0) is 19.3. The van der Waals surface area contributed by atoms with Gasteiger partial charge in [0, 0.05) is 27.9 Å². The number of hydrogen-bond donors (Lipinski definition) is 1. The average molecular weight is 413 g/mol. The van der Waals surface area contributed by atoms with Crippen molar-refractivity contribution >= 4 is 54.5 Å². The molecule has 0 spiro atoms. The summed E-state index contributed by atoms with van der Waals surface area (Å²) in [6.07, 6.45) is 3.69. The van der Waals surface area contributed by atoms with Crippen molar-refractivity contribution in [2.45, 2.75) is 31.7 Å². The highest BCUT2D eigenvalue weighted by molar-refractivity contribution is 7.18. The lowest BCUT2D eigenvalue weighted by Crippen LogP contribution is -2.38. The maximum Gasteiger partial charge on any atom is 0.165 e. The van der Waals surface area contributed by atoms with Crippen molar-refractivity contribution in [3.63, 3.8) is 0 Å². The highest BCUT2D eigenvalue weighted by atomic mass is 32.1. The summed E-state index contributed by atoms with van der Waals surface area (Å²) in [5.74, 6) is 0.143. The number of rotatable bonds is 3. The van der Waals surface area contributed by atoms with E-state index in [1.807, 2.05) is 23.7 Å². The number of pyridine rings is 1. The first-order valence-corrected chi connectivity index (χ1v) is 11.2. The second kappa shape index (κ2) is 7.06. The van der Waals surface area contributed by atoms with E-state index in [-0.39, 0.29) is 5.82 Å². The zero-order valence-corrected chi connectivity index (χ0v) is 17.4. The Bertz CT molecular complexity index is 1150. The summed E-state index contributed by atoms with van der Waals surface area (Å²) < 4.78 is 15.8. The third-order valence-corrected chi connectivity index (χ3v) is 7.79. The lowest BCUT2D eigenvalue weighted by molar-refractivity contribution is 0.176. The van der Waals surface area contributed by atoms with Gasteiger partial charge in [0.25, 0.3) is 0 Å². The fourth-order valence-electron chi connectivity index (χ4n) is 4.07. The van der Waals surface area contributed by atoms with Crippen LogP contribution in [0, 0.1) is 5.82 Å². The summed E-state index contributed by atoms with van der Waals surface area (Å²) in [6, 6.07) is 8.57. The molecule has 7 heteroatoms. The lowest BCUT2D eigenvalue weighted by atomic mass is 9.89. The minimum absolute atomic E-state index is 0.330. The first kappa shape index (κ1) is 18.0. The van der Waals surface area contributed by atoms with Crippen LogP contribution in [0.25, 0.3) is 20.4 Å². The van der Waals surface area contributed by atoms with Crippen LogP contribution in [0.2, 0.25) is 0 Å². The number of likely N-dealkylation sites (N-methyl/N-ethyl adjacent to an activating group) is 1. The van der Waals surface area contributed by atoms with Crippen molar-refractivity contribution in [1.82, 2.24) is 14.9 Å². The molecule has 1 aliphatic heterocycles. The summed E-state index contributed by atoms with van der Waals surface area (Å²) in [5, 5.41) is 4.14. The molecule has 1 N–H and O–H groups in total. The van der Waals surface area contributed by atoms with Crippen molar-refractivity contribution in [2.75, 3.05) is 18.9 Å². The number of likely N-dealkylation sites (tertiary alicyclic amines) is 1. The highest BCUT2D eigenvalue weighted by Gasteiger charge is 2.28. The fourth-order valence-corrected chi connectivity index (χ4v) is 5.97. The van der Waals surface area contributed by atoms with E-state index in [4.69, 9.17) is 0 Å². The number of anilines is 2. The number of hydrogen-bond acceptors (Lipinski definition) is 6. The summed E-state index contributed by atoms with van der Waals surface area (Å²) >= 11 is 3.29. The van der Waals surface area contributed by atoms with Crippen LogP contribution in [0.1, 0.15) is 30.6 Å². The topological polar surface area (TPSA) is 41.1 Å². The van der Waals surface area contributed by atoms with Crippen molar-refractivity contribution in [3.8, 4) is 0 Å². The third-order valence-electron chi connectivity index (χ3n) is 5.80. The zero-order valence-electron chi connectivity index (χ0n) is 15.8. The molecular weight excluding hydrogens is 391 g/mol. The smallest absolute Gasteiger partial charge is 0.165 e. The van der Waals surface area contributed by atoms with E-state index >= 15 is 0 Å². The highest BCUT2D eigenvalue weighted by Crippen LogP contribution is 2.41. The number of fused-ring (bicyclic) bond motifs is 2. The van der Waals surface area contributed by atoms with Crippen LogP contribution in [0.4, 0.5) is 15.8 Å². The molecule has 0 unspecified atom stereocenters. The molecule has 0 saturated carbocycles. The van der Waals surface area contributed by atoms with Gasteiger partial charge in [-0.05, 0) is 57.6 Å². The minimum atomic E-state index is -0.330. The molecule has 2 atom stereocenters. The SMILES string of the molecule is C[C@H]1[C@@H](c2cc3c(Nc4ccc5scnc5c4)c(F)cnc3s2)CCCN1C. The van der Waals surface area contributed by atoms with Gasteiger partial charge in [0.05, 0.1) is 27.6 Å². The van der Waals surface area contributed by atoms with Gasteiger partial charge in [-0.25, -0.2) is 14.4 Å². The summed E-state index contributed by atoms with van der Waals surface area (Å²) in [7, 11) is 2.18. The second-order valence-corrected chi connectivity index (χ2v) is 9.43. The van der Waals surface area contributed by atoms with E-state index in [1.165, 1.54) is 23.9 Å². The molecule has 0 bridgehead atoms. The normalized spacial score (nSPS) is 20.8. The summed E-state index contributed by atoms with van der Waals surface area (Å²) in [5.41, 5.74) is 4.08. The van der Waals surface area contributed by atoms with Gasteiger partial charge >= 0.3 is 0 Å². The van der Waals surface area contributed by atoms with Crippen LogP contribution < -0.4 is 5.32 Å². The van der Waals surface area contributed by atoms with Gasteiger partial charge < -0.3 is 10.2 Å². The van der Waals surface area contributed by atoms with Gasteiger partial charge in [0.1, 0.15) is 4.83 Å². The van der Waals surface area contributed by atoms with E-state index in [9.17, 15) is 4.39 Å². The number of aromatic nitrogens is 2. The lowest BCUT2D eigenvalue weighted by Gasteiger charge is -2.36. The van der Waals surface area contributed by atoms with Crippen molar-refractivity contribution in [1.29, 1.82) is 0 Å². The Balaban J connectivity index is 1.54. The first-order valence-electron chi connectivity index (χ1n) is 9.48. The minimum Gasteiger partial charge on any atom is -0.352 e. The Kier molecular flexibility index (Phi) is 4.53. The van der Waals surface area contributed by atoms with Crippen molar-refractivity contribution < 1.29 is 4.39 Å².